The second-order valence-electron chi connectivity index (χ2n) is 4.77. The van der Waals surface area contributed by atoms with E-state index in [0.29, 0.717) is 25.1 Å². The molecule has 2 unspecified atom stereocenters. The molecule has 2 atom stereocenters. The zero-order valence-electron chi connectivity index (χ0n) is 12.3. The Hall–Kier alpha value is -0.550. The molecule has 0 fully saturated rings. The lowest BCUT2D eigenvalue weighted by molar-refractivity contribution is -0.121. The number of aliphatic hydroxyl groups excluding tert-OH is 1. The molecule has 0 saturated heterocycles. The van der Waals surface area contributed by atoms with E-state index in [1.165, 1.54) is 11.8 Å². The summed E-state index contributed by atoms with van der Waals surface area (Å²) in [7, 11) is 0. The molecule has 0 aromatic carbocycles. The van der Waals surface area contributed by atoms with Crippen LogP contribution in [0.2, 0.25) is 0 Å². The number of hydrogen-bond acceptors (Lipinski definition) is 4. The second-order valence-corrected chi connectivity index (χ2v) is 5.86. The summed E-state index contributed by atoms with van der Waals surface area (Å²) in [6.07, 6.45) is 3.44. The molecule has 0 spiro atoms. The third-order valence-corrected chi connectivity index (χ3v) is 4.02. The minimum absolute atomic E-state index is 0.00348. The van der Waals surface area contributed by atoms with Gasteiger partial charge in [0.25, 0.3) is 0 Å². The van der Waals surface area contributed by atoms with Crippen molar-refractivity contribution in [2.45, 2.75) is 59.0 Å². The second kappa shape index (κ2) is 11.3. The van der Waals surface area contributed by atoms with E-state index in [9.17, 15) is 14.7 Å². The largest absolute Gasteiger partial charge is 0.392 e. The van der Waals surface area contributed by atoms with Gasteiger partial charge in [0.1, 0.15) is 0 Å². The highest BCUT2D eigenvalue weighted by atomic mass is 32.2. The molecule has 0 aliphatic carbocycles. The number of amides is 1. The minimum atomic E-state index is -0.552. The molecule has 4 nitrogen and oxygen atoms in total. The number of rotatable bonds is 10. The fourth-order valence-electron chi connectivity index (χ4n) is 1.60. The lowest BCUT2D eigenvalue weighted by atomic mass is 10.0. The molecule has 0 aliphatic heterocycles. The molecule has 0 saturated carbocycles. The van der Waals surface area contributed by atoms with Crippen molar-refractivity contribution in [3.8, 4) is 0 Å². The first-order valence-electron chi connectivity index (χ1n) is 7.14. The molecule has 19 heavy (non-hydrogen) atoms. The number of thioether (sulfide) groups is 1. The molecule has 0 rings (SSSR count). The van der Waals surface area contributed by atoms with E-state index in [0.717, 1.165) is 19.3 Å². The maximum atomic E-state index is 11.8. The Morgan fingerprint density at radius 2 is 1.95 bits per heavy atom. The first kappa shape index (κ1) is 18.4. The van der Waals surface area contributed by atoms with Crippen molar-refractivity contribution in [3.05, 3.63) is 0 Å². The van der Waals surface area contributed by atoms with Crippen LogP contribution in [0.15, 0.2) is 0 Å². The van der Waals surface area contributed by atoms with Gasteiger partial charge in [0.2, 0.25) is 5.91 Å². The molecule has 0 aliphatic rings. The van der Waals surface area contributed by atoms with Crippen LogP contribution in [0.25, 0.3) is 0 Å². The Morgan fingerprint density at radius 3 is 2.53 bits per heavy atom. The van der Waals surface area contributed by atoms with Crippen LogP contribution in [0.3, 0.4) is 0 Å². The van der Waals surface area contributed by atoms with E-state index in [1.54, 1.807) is 6.92 Å². The van der Waals surface area contributed by atoms with Crippen molar-refractivity contribution in [3.63, 3.8) is 0 Å². The zero-order chi connectivity index (χ0) is 14.7. The van der Waals surface area contributed by atoms with E-state index < -0.39 is 6.10 Å². The number of unbranched alkanes of at least 4 members (excludes halogenated alkanes) is 1. The predicted molar refractivity (Wildman–Crippen MR) is 80.1 cm³/mol. The number of carbonyl (C=O) groups is 2. The molecular formula is C14H27NO3S. The van der Waals surface area contributed by atoms with Gasteiger partial charge in [-0.2, -0.15) is 0 Å². The summed E-state index contributed by atoms with van der Waals surface area (Å²) in [5, 5.41) is 12.5. The Kier molecular flexibility index (Phi) is 11.0. The highest BCUT2D eigenvalue weighted by Crippen LogP contribution is 2.17. The van der Waals surface area contributed by atoms with Gasteiger partial charge in [0.05, 0.1) is 12.0 Å². The summed E-state index contributed by atoms with van der Waals surface area (Å²) in [5.74, 6) is 0.287. The van der Waals surface area contributed by atoms with Crippen LogP contribution in [0, 0.1) is 5.92 Å². The minimum Gasteiger partial charge on any atom is -0.392 e. The summed E-state index contributed by atoms with van der Waals surface area (Å²) in [4.78, 5) is 23.1. The van der Waals surface area contributed by atoms with Crippen molar-refractivity contribution in [2.75, 3.05) is 12.3 Å². The number of nitrogens with one attached hydrogen (secondary N) is 1. The van der Waals surface area contributed by atoms with Gasteiger partial charge < -0.3 is 10.4 Å². The Balaban J connectivity index is 3.71. The molecule has 0 bridgehead atoms. The maximum absolute atomic E-state index is 11.8. The van der Waals surface area contributed by atoms with E-state index in [1.807, 2.05) is 13.8 Å². The average molecular weight is 289 g/mol. The fourth-order valence-corrected chi connectivity index (χ4v) is 2.43. The predicted octanol–water partition coefficient (Wildman–Crippen LogP) is 2.35. The Labute approximate surface area is 120 Å². The quantitative estimate of drug-likeness (QED) is 0.606. The van der Waals surface area contributed by atoms with Crippen LogP contribution < -0.4 is 5.32 Å². The summed E-state index contributed by atoms with van der Waals surface area (Å²) in [6, 6.07) is 0. The SMILES string of the molecule is CCCCC(=O)NCCSC(=O)C(C)C(O)CCC. The maximum Gasteiger partial charge on any atom is 0.220 e. The number of aliphatic hydroxyl groups is 1. The molecule has 112 valence electrons. The van der Waals surface area contributed by atoms with Gasteiger partial charge in [-0.05, 0) is 12.8 Å². The standard InChI is InChI=1S/C14H27NO3S/c1-4-6-8-13(17)15-9-10-19-14(18)11(3)12(16)7-5-2/h11-12,16H,4-10H2,1-3H3,(H,15,17). The van der Waals surface area contributed by atoms with Gasteiger partial charge in [0, 0.05) is 18.7 Å². The molecule has 5 heteroatoms. The molecule has 0 radical (unpaired) electrons. The van der Waals surface area contributed by atoms with Gasteiger partial charge in [-0.3, -0.25) is 9.59 Å². The van der Waals surface area contributed by atoms with Gasteiger partial charge in [-0.1, -0.05) is 45.4 Å². The highest BCUT2D eigenvalue weighted by Gasteiger charge is 2.21. The van der Waals surface area contributed by atoms with Gasteiger partial charge in [-0.15, -0.1) is 0 Å². The van der Waals surface area contributed by atoms with Gasteiger partial charge in [0.15, 0.2) is 5.12 Å². The first-order valence-corrected chi connectivity index (χ1v) is 8.12. The smallest absolute Gasteiger partial charge is 0.220 e. The Bertz CT molecular complexity index is 271. The first-order chi connectivity index (χ1) is 9.02. The molecule has 0 aromatic rings. The third-order valence-electron chi connectivity index (χ3n) is 2.96. The molecular weight excluding hydrogens is 262 g/mol. The molecule has 0 aromatic heterocycles. The van der Waals surface area contributed by atoms with Crippen LogP contribution in [0.4, 0.5) is 0 Å². The normalized spacial score (nSPS) is 13.9. The monoisotopic (exact) mass is 289 g/mol. The fraction of sp³-hybridized carbons (Fsp3) is 0.857. The summed E-state index contributed by atoms with van der Waals surface area (Å²) in [6.45, 7) is 6.30. The molecule has 0 heterocycles. The van der Waals surface area contributed by atoms with Crippen LogP contribution in [-0.2, 0) is 9.59 Å². The van der Waals surface area contributed by atoms with Crippen LogP contribution in [0.5, 0.6) is 0 Å². The van der Waals surface area contributed by atoms with E-state index in [2.05, 4.69) is 5.32 Å². The number of carbonyl (C=O) groups excluding carboxylic acids is 2. The van der Waals surface area contributed by atoms with Crippen molar-refractivity contribution in [1.29, 1.82) is 0 Å². The highest BCUT2D eigenvalue weighted by molar-refractivity contribution is 8.13. The van der Waals surface area contributed by atoms with Crippen molar-refractivity contribution >= 4 is 22.8 Å². The van der Waals surface area contributed by atoms with E-state index in [-0.39, 0.29) is 16.9 Å². The van der Waals surface area contributed by atoms with Gasteiger partial charge in [-0.25, -0.2) is 0 Å². The van der Waals surface area contributed by atoms with Crippen LogP contribution in [-0.4, -0.2) is 34.5 Å². The molecule has 2 N–H and O–H groups in total. The molecule has 1 amide bonds. The van der Waals surface area contributed by atoms with Crippen molar-refractivity contribution in [2.24, 2.45) is 5.92 Å². The van der Waals surface area contributed by atoms with Crippen LogP contribution in [0.1, 0.15) is 52.9 Å². The average Bonchev–Trinajstić information content (AvgIpc) is 2.40. The lowest BCUT2D eigenvalue weighted by Gasteiger charge is -2.16. The topological polar surface area (TPSA) is 66.4 Å². The summed E-state index contributed by atoms with van der Waals surface area (Å²) >= 11 is 1.19. The summed E-state index contributed by atoms with van der Waals surface area (Å²) < 4.78 is 0. The lowest BCUT2D eigenvalue weighted by Crippen LogP contribution is -2.27. The van der Waals surface area contributed by atoms with Crippen LogP contribution >= 0.6 is 11.8 Å². The zero-order valence-corrected chi connectivity index (χ0v) is 13.1. The van der Waals surface area contributed by atoms with Crippen molar-refractivity contribution in [1.82, 2.24) is 5.32 Å². The Morgan fingerprint density at radius 1 is 1.26 bits per heavy atom. The summed E-state index contributed by atoms with van der Waals surface area (Å²) in [5.41, 5.74) is 0. The van der Waals surface area contributed by atoms with E-state index >= 15 is 0 Å². The van der Waals surface area contributed by atoms with Crippen molar-refractivity contribution < 1.29 is 14.7 Å². The number of hydrogen-bond donors (Lipinski definition) is 2. The van der Waals surface area contributed by atoms with Gasteiger partial charge >= 0.3 is 0 Å². The van der Waals surface area contributed by atoms with E-state index in [4.69, 9.17) is 0 Å². The third kappa shape index (κ3) is 9.05.